The quantitative estimate of drug-likeness (QED) is 0.698. The zero-order chi connectivity index (χ0) is 21.2. The van der Waals surface area contributed by atoms with Crippen molar-refractivity contribution in [3.63, 3.8) is 0 Å². The number of rotatable bonds is 5. The summed E-state index contributed by atoms with van der Waals surface area (Å²) in [7, 11) is 4.62. The summed E-state index contributed by atoms with van der Waals surface area (Å²) < 4.78 is 51.3. The van der Waals surface area contributed by atoms with Gasteiger partial charge in [0.25, 0.3) is 5.91 Å². The number of nitrogens with zero attached hydrogens (tertiary/aromatic N) is 3. The number of aryl methyl sites for hydroxylation is 1. The molecule has 0 radical (unpaired) electrons. The molecule has 0 saturated carbocycles. The molecule has 7 nitrogen and oxygen atoms in total. The largest absolute Gasteiger partial charge is 0.497 e. The van der Waals surface area contributed by atoms with Crippen LogP contribution in [0.4, 0.5) is 18.9 Å². The zero-order valence-corrected chi connectivity index (χ0v) is 15.7. The van der Waals surface area contributed by atoms with E-state index in [0.29, 0.717) is 29.0 Å². The number of amides is 1. The molecule has 1 aromatic carbocycles. The number of aromatic nitrogens is 3. The maximum atomic E-state index is 13.1. The lowest BCUT2D eigenvalue weighted by Crippen LogP contribution is -2.17. The molecule has 0 saturated heterocycles. The number of halogens is 3. The number of carbonyl (C=O) groups is 1. The maximum absolute atomic E-state index is 13.1. The zero-order valence-electron chi connectivity index (χ0n) is 15.7. The van der Waals surface area contributed by atoms with Crippen molar-refractivity contribution in [2.24, 2.45) is 7.05 Å². The smallest absolute Gasteiger partial charge is 0.419 e. The summed E-state index contributed by atoms with van der Waals surface area (Å²) in [5.74, 6) is 0.305. The van der Waals surface area contributed by atoms with Gasteiger partial charge in [-0.3, -0.25) is 14.5 Å². The van der Waals surface area contributed by atoms with Crippen LogP contribution in [0.1, 0.15) is 16.1 Å². The fraction of sp³-hybridized carbons (Fsp3) is 0.211. The second-order valence-electron chi connectivity index (χ2n) is 5.98. The van der Waals surface area contributed by atoms with Gasteiger partial charge in [0.05, 0.1) is 31.2 Å². The van der Waals surface area contributed by atoms with Crippen LogP contribution in [0, 0.1) is 0 Å². The van der Waals surface area contributed by atoms with Crippen LogP contribution in [0.2, 0.25) is 0 Å². The van der Waals surface area contributed by atoms with Crippen LogP contribution in [-0.4, -0.2) is 34.9 Å². The fourth-order valence-corrected chi connectivity index (χ4v) is 2.76. The van der Waals surface area contributed by atoms with Crippen molar-refractivity contribution in [1.29, 1.82) is 0 Å². The highest BCUT2D eigenvalue weighted by atomic mass is 19.4. The summed E-state index contributed by atoms with van der Waals surface area (Å²) in [6, 6.07) is 7.67. The molecule has 0 aliphatic carbocycles. The van der Waals surface area contributed by atoms with Crippen LogP contribution >= 0.6 is 0 Å². The molecule has 0 fully saturated rings. The fourth-order valence-electron chi connectivity index (χ4n) is 2.76. The van der Waals surface area contributed by atoms with Crippen molar-refractivity contribution in [3.8, 4) is 22.8 Å². The predicted octanol–water partition coefficient (Wildman–Crippen LogP) is 3.77. The van der Waals surface area contributed by atoms with Crippen LogP contribution in [0.3, 0.4) is 0 Å². The number of hydrogen-bond donors (Lipinski definition) is 1. The summed E-state index contributed by atoms with van der Waals surface area (Å²) in [6.45, 7) is 0. The molecular weight excluding hydrogens is 389 g/mol. The minimum atomic E-state index is -4.65. The standard InChI is InChI=1S/C19H17F3N4O3/c1-26-16(12-8-11(28-2)4-5-17(12)29-3)9-15(25-26)18(27)24-14-6-7-23-10-13(14)19(20,21)22/h4-10H,1-3H3,(H,23,24,27). The molecule has 0 aliphatic heterocycles. The van der Waals surface area contributed by atoms with Gasteiger partial charge in [-0.2, -0.15) is 18.3 Å². The van der Waals surface area contributed by atoms with Gasteiger partial charge >= 0.3 is 6.18 Å². The average molecular weight is 406 g/mol. The minimum Gasteiger partial charge on any atom is -0.497 e. The van der Waals surface area contributed by atoms with Crippen LogP contribution in [0.15, 0.2) is 42.7 Å². The Morgan fingerprint density at radius 3 is 2.55 bits per heavy atom. The van der Waals surface area contributed by atoms with Crippen LogP contribution < -0.4 is 14.8 Å². The molecule has 1 amide bonds. The number of carbonyl (C=O) groups excluding carboxylic acids is 1. The van der Waals surface area contributed by atoms with E-state index in [1.54, 1.807) is 25.2 Å². The molecule has 0 spiro atoms. The molecule has 3 rings (SSSR count). The Kier molecular flexibility index (Phi) is 5.44. The number of hydrogen-bond acceptors (Lipinski definition) is 5. The van der Waals surface area contributed by atoms with Gasteiger partial charge in [0.1, 0.15) is 11.5 Å². The first-order valence-corrected chi connectivity index (χ1v) is 8.33. The normalized spacial score (nSPS) is 11.2. The van der Waals surface area contributed by atoms with E-state index in [4.69, 9.17) is 9.47 Å². The van der Waals surface area contributed by atoms with Crippen molar-refractivity contribution in [3.05, 3.63) is 54.0 Å². The molecule has 2 aromatic heterocycles. The highest BCUT2D eigenvalue weighted by Gasteiger charge is 2.34. The molecular formula is C19H17F3N4O3. The second-order valence-corrected chi connectivity index (χ2v) is 5.98. The van der Waals surface area contributed by atoms with E-state index in [9.17, 15) is 18.0 Å². The van der Waals surface area contributed by atoms with Crippen LogP contribution in [0.25, 0.3) is 11.3 Å². The van der Waals surface area contributed by atoms with E-state index in [-0.39, 0.29) is 5.69 Å². The molecule has 2 heterocycles. The van der Waals surface area contributed by atoms with E-state index in [1.165, 1.54) is 25.0 Å². The molecule has 3 aromatic rings. The van der Waals surface area contributed by atoms with Crippen LogP contribution in [-0.2, 0) is 13.2 Å². The molecule has 152 valence electrons. The van der Waals surface area contributed by atoms with Gasteiger partial charge in [0.2, 0.25) is 0 Å². The first-order chi connectivity index (χ1) is 13.7. The minimum absolute atomic E-state index is 0.0580. The van der Waals surface area contributed by atoms with Gasteiger partial charge in [-0.1, -0.05) is 0 Å². The molecule has 0 unspecified atom stereocenters. The Bertz CT molecular complexity index is 1050. The van der Waals surface area contributed by atoms with Gasteiger partial charge < -0.3 is 14.8 Å². The van der Waals surface area contributed by atoms with E-state index in [1.807, 2.05) is 0 Å². The first-order valence-electron chi connectivity index (χ1n) is 8.33. The van der Waals surface area contributed by atoms with Crippen molar-refractivity contribution in [2.45, 2.75) is 6.18 Å². The number of ether oxygens (including phenoxy) is 2. The molecule has 29 heavy (non-hydrogen) atoms. The summed E-state index contributed by atoms with van der Waals surface area (Å²) in [5.41, 5.74) is -0.364. The van der Waals surface area contributed by atoms with Crippen molar-refractivity contribution in [2.75, 3.05) is 19.5 Å². The lowest BCUT2D eigenvalue weighted by Gasteiger charge is -2.12. The van der Waals surface area contributed by atoms with Gasteiger partial charge in [0.15, 0.2) is 5.69 Å². The number of alkyl halides is 3. The first kappa shape index (κ1) is 20.2. The Balaban J connectivity index is 1.95. The van der Waals surface area contributed by atoms with Gasteiger partial charge in [-0.15, -0.1) is 0 Å². The number of methoxy groups -OCH3 is 2. The highest BCUT2D eigenvalue weighted by Crippen LogP contribution is 2.35. The molecule has 0 atom stereocenters. The summed E-state index contributed by atoms with van der Waals surface area (Å²) in [4.78, 5) is 16.0. The Hall–Kier alpha value is -3.56. The van der Waals surface area contributed by atoms with Crippen LogP contribution in [0.5, 0.6) is 11.5 Å². The summed E-state index contributed by atoms with van der Waals surface area (Å²) in [5, 5.41) is 6.36. The lowest BCUT2D eigenvalue weighted by molar-refractivity contribution is -0.137. The third kappa shape index (κ3) is 4.15. The van der Waals surface area contributed by atoms with Gasteiger partial charge in [0, 0.05) is 25.0 Å². The summed E-state index contributed by atoms with van der Waals surface area (Å²) >= 11 is 0. The monoisotopic (exact) mass is 406 g/mol. The number of benzene rings is 1. The summed E-state index contributed by atoms with van der Waals surface area (Å²) in [6.07, 6.45) is -2.84. The number of anilines is 1. The van der Waals surface area contributed by atoms with E-state index in [2.05, 4.69) is 15.4 Å². The van der Waals surface area contributed by atoms with Crippen molar-refractivity contribution >= 4 is 11.6 Å². The Labute approximate surface area is 164 Å². The molecule has 1 N–H and O–H groups in total. The van der Waals surface area contributed by atoms with E-state index >= 15 is 0 Å². The number of nitrogens with one attached hydrogen (secondary N) is 1. The number of pyridine rings is 1. The topological polar surface area (TPSA) is 78.3 Å². The predicted molar refractivity (Wildman–Crippen MR) is 98.9 cm³/mol. The van der Waals surface area contributed by atoms with Gasteiger partial charge in [-0.05, 0) is 30.3 Å². The van der Waals surface area contributed by atoms with E-state index < -0.39 is 23.3 Å². The lowest BCUT2D eigenvalue weighted by atomic mass is 10.1. The average Bonchev–Trinajstić information content (AvgIpc) is 3.08. The van der Waals surface area contributed by atoms with E-state index in [0.717, 1.165) is 12.3 Å². The third-order valence-corrected chi connectivity index (χ3v) is 4.17. The van der Waals surface area contributed by atoms with Crippen molar-refractivity contribution in [1.82, 2.24) is 14.8 Å². The molecule has 0 bridgehead atoms. The Morgan fingerprint density at radius 1 is 1.14 bits per heavy atom. The molecule has 0 aliphatic rings. The van der Waals surface area contributed by atoms with Gasteiger partial charge in [-0.25, -0.2) is 0 Å². The highest BCUT2D eigenvalue weighted by molar-refractivity contribution is 6.04. The van der Waals surface area contributed by atoms with Crippen molar-refractivity contribution < 1.29 is 27.4 Å². The molecule has 10 heteroatoms. The maximum Gasteiger partial charge on any atom is 0.419 e. The second kappa shape index (κ2) is 7.82. The SMILES string of the molecule is COc1ccc(OC)c(-c2cc(C(=O)Nc3ccncc3C(F)(F)F)nn2C)c1. The Morgan fingerprint density at radius 2 is 1.90 bits per heavy atom. The third-order valence-electron chi connectivity index (χ3n) is 4.17.